The van der Waals surface area contributed by atoms with Gasteiger partial charge in [0.05, 0.1) is 0 Å². The van der Waals surface area contributed by atoms with E-state index in [1.165, 1.54) is 44.9 Å². The van der Waals surface area contributed by atoms with Gasteiger partial charge in [0.25, 0.3) is 0 Å². The molecule has 4 bridgehead atoms. The Morgan fingerprint density at radius 1 is 0.595 bits per heavy atom. The number of benzene rings is 1. The predicted octanol–water partition coefficient (Wildman–Crippen LogP) is 9.17. The zero-order valence-corrected chi connectivity index (χ0v) is 23.0. The summed E-state index contributed by atoms with van der Waals surface area (Å²) in [5.74, 6) is 9.22. The van der Waals surface area contributed by atoms with Crippen LogP contribution >= 0.6 is 0 Å². The van der Waals surface area contributed by atoms with Gasteiger partial charge in [0.15, 0.2) is 0 Å². The highest BCUT2D eigenvalue weighted by atomic mass is 14.7. The molecule has 8 aliphatic carbocycles. The summed E-state index contributed by atoms with van der Waals surface area (Å²) < 4.78 is 0. The molecule has 0 saturated heterocycles. The lowest BCUT2D eigenvalue weighted by Gasteiger charge is -2.64. The molecule has 37 heavy (non-hydrogen) atoms. The van der Waals surface area contributed by atoms with E-state index in [0.29, 0.717) is 34.5 Å². The first-order valence-electron chi connectivity index (χ1n) is 15.8. The van der Waals surface area contributed by atoms with E-state index < -0.39 is 0 Å². The van der Waals surface area contributed by atoms with Gasteiger partial charge in [-0.25, -0.2) is 0 Å². The minimum absolute atomic E-state index is 0.367. The Morgan fingerprint density at radius 2 is 1.14 bits per heavy atom. The summed E-state index contributed by atoms with van der Waals surface area (Å²) in [7, 11) is 0. The molecule has 0 aliphatic heterocycles. The van der Waals surface area contributed by atoms with Crippen molar-refractivity contribution < 1.29 is 0 Å². The van der Waals surface area contributed by atoms with Crippen molar-refractivity contribution in [1.82, 2.24) is 0 Å². The van der Waals surface area contributed by atoms with Crippen LogP contribution in [0.5, 0.6) is 0 Å². The van der Waals surface area contributed by atoms with Crippen LogP contribution in [0.2, 0.25) is 0 Å². The van der Waals surface area contributed by atoms with Crippen molar-refractivity contribution in [2.24, 2.45) is 70.5 Å². The van der Waals surface area contributed by atoms with Crippen LogP contribution in [0.4, 0.5) is 0 Å². The standard InChI is InChI=1S/C37H46/c1-36(2,35-33-14-8-6-12-31(33)32-13-7-9-15-34(32)35)27-16-17-28(23-27)37(26-10-4-3-5-11-26)29-19-24-18-25(21-29)22-30(37)20-24/h3-15,24-25,27-35H,16-23H2,1-2H3/t24?,25?,27?,28-,29?,30?,31-,32+,33?,34?,35?,37?/m1/s1. The largest absolute Gasteiger partial charge is 0.0805 e. The summed E-state index contributed by atoms with van der Waals surface area (Å²) in [6, 6.07) is 12.0. The number of rotatable bonds is 4. The first-order chi connectivity index (χ1) is 18.1. The van der Waals surface area contributed by atoms with E-state index >= 15 is 0 Å². The molecular weight excluding hydrogens is 444 g/mol. The van der Waals surface area contributed by atoms with E-state index in [1.807, 2.05) is 0 Å². The Balaban J connectivity index is 1.14. The first-order valence-corrected chi connectivity index (χ1v) is 15.8. The maximum atomic E-state index is 2.69. The third-order valence-electron chi connectivity index (χ3n) is 13.5. The van der Waals surface area contributed by atoms with Crippen molar-refractivity contribution in [2.45, 2.75) is 70.6 Å². The van der Waals surface area contributed by atoms with Crippen LogP contribution in [0.1, 0.15) is 70.8 Å². The Labute approximate surface area is 225 Å². The van der Waals surface area contributed by atoms with E-state index in [9.17, 15) is 0 Å². The monoisotopic (exact) mass is 490 g/mol. The third kappa shape index (κ3) is 3.20. The van der Waals surface area contributed by atoms with E-state index in [4.69, 9.17) is 0 Å². The summed E-state index contributed by atoms with van der Waals surface area (Å²) >= 11 is 0. The molecule has 0 radical (unpaired) electrons. The highest BCUT2D eigenvalue weighted by Crippen LogP contribution is 2.69. The molecule has 9 rings (SSSR count). The van der Waals surface area contributed by atoms with Gasteiger partial charge in [-0.1, -0.05) is 92.8 Å². The van der Waals surface area contributed by atoms with Gasteiger partial charge < -0.3 is 0 Å². The lowest BCUT2D eigenvalue weighted by molar-refractivity contribution is -0.0901. The van der Waals surface area contributed by atoms with Gasteiger partial charge in [-0.05, 0) is 127 Å². The van der Waals surface area contributed by atoms with Crippen molar-refractivity contribution in [3.05, 3.63) is 84.5 Å². The molecule has 0 nitrogen and oxygen atoms in total. The number of allylic oxidation sites excluding steroid dienone is 8. The van der Waals surface area contributed by atoms with Gasteiger partial charge >= 0.3 is 0 Å². The lowest BCUT2D eigenvalue weighted by atomic mass is 9.40. The van der Waals surface area contributed by atoms with Crippen LogP contribution in [0.25, 0.3) is 0 Å². The Bertz CT molecular complexity index is 1080. The molecule has 6 saturated carbocycles. The fourth-order valence-corrected chi connectivity index (χ4v) is 12.4. The summed E-state index contributed by atoms with van der Waals surface area (Å²) in [5, 5.41) is 0. The molecule has 0 heterocycles. The van der Waals surface area contributed by atoms with Crippen LogP contribution in [0.3, 0.4) is 0 Å². The normalized spacial score (nSPS) is 49.0. The fraction of sp³-hybridized carbons (Fsp3) is 0.622. The highest BCUT2D eigenvalue weighted by molar-refractivity contribution is 5.34. The first kappa shape index (κ1) is 23.1. The average molecular weight is 491 g/mol. The molecule has 0 spiro atoms. The van der Waals surface area contributed by atoms with Crippen molar-refractivity contribution >= 4 is 0 Å². The van der Waals surface area contributed by atoms with Gasteiger partial charge in [0.2, 0.25) is 0 Å². The molecule has 194 valence electrons. The van der Waals surface area contributed by atoms with Crippen molar-refractivity contribution in [2.75, 3.05) is 0 Å². The van der Waals surface area contributed by atoms with Gasteiger partial charge in [0, 0.05) is 5.41 Å². The molecule has 6 fully saturated rings. The average Bonchev–Trinajstić information content (AvgIpc) is 3.54. The van der Waals surface area contributed by atoms with E-state index in [1.54, 1.807) is 12.0 Å². The zero-order chi connectivity index (χ0) is 24.8. The van der Waals surface area contributed by atoms with Crippen LogP contribution in [0, 0.1) is 70.5 Å². The van der Waals surface area contributed by atoms with Crippen molar-refractivity contribution in [3.63, 3.8) is 0 Å². The molecule has 0 heteroatoms. The summed E-state index contributed by atoms with van der Waals surface area (Å²) in [6.45, 7) is 5.38. The maximum Gasteiger partial charge on any atom is 0.00382 e. The van der Waals surface area contributed by atoms with E-state index in [2.05, 4.69) is 92.8 Å². The summed E-state index contributed by atoms with van der Waals surface area (Å²) in [5.41, 5.74) is 2.56. The molecule has 1 aromatic carbocycles. The summed E-state index contributed by atoms with van der Waals surface area (Å²) in [6.07, 6.45) is 31.6. The van der Waals surface area contributed by atoms with Crippen molar-refractivity contribution in [1.29, 1.82) is 0 Å². The molecule has 0 N–H and O–H groups in total. The van der Waals surface area contributed by atoms with Gasteiger partial charge in [-0.3, -0.25) is 0 Å². The smallest absolute Gasteiger partial charge is 0.00382 e. The zero-order valence-electron chi connectivity index (χ0n) is 23.0. The number of fused-ring (bicyclic) bond motifs is 3. The minimum Gasteiger partial charge on any atom is -0.0805 e. The Hall–Kier alpha value is -1.82. The highest BCUT2D eigenvalue weighted by Gasteiger charge is 2.63. The van der Waals surface area contributed by atoms with E-state index in [0.717, 1.165) is 41.4 Å². The van der Waals surface area contributed by atoms with Crippen molar-refractivity contribution in [3.8, 4) is 0 Å². The second-order valence-corrected chi connectivity index (χ2v) is 15.0. The topological polar surface area (TPSA) is 0 Å². The Kier molecular flexibility index (Phi) is 5.21. The fourth-order valence-electron chi connectivity index (χ4n) is 12.4. The second-order valence-electron chi connectivity index (χ2n) is 15.0. The predicted molar refractivity (Wildman–Crippen MR) is 154 cm³/mol. The van der Waals surface area contributed by atoms with Crippen LogP contribution in [-0.2, 0) is 5.41 Å². The molecule has 4 unspecified atom stereocenters. The molecular formula is C37H46. The van der Waals surface area contributed by atoms with Gasteiger partial charge in [0.1, 0.15) is 0 Å². The van der Waals surface area contributed by atoms with Gasteiger partial charge in [-0.15, -0.1) is 0 Å². The minimum atomic E-state index is 0.367. The summed E-state index contributed by atoms with van der Waals surface area (Å²) in [4.78, 5) is 0. The molecule has 0 amide bonds. The molecule has 0 aromatic heterocycles. The maximum absolute atomic E-state index is 2.69. The third-order valence-corrected chi connectivity index (χ3v) is 13.5. The van der Waals surface area contributed by atoms with Crippen LogP contribution in [-0.4, -0.2) is 0 Å². The Morgan fingerprint density at radius 3 is 1.70 bits per heavy atom. The second kappa shape index (κ2) is 8.34. The molecule has 7 atom stereocenters. The van der Waals surface area contributed by atoms with Crippen LogP contribution < -0.4 is 0 Å². The lowest BCUT2D eigenvalue weighted by Crippen LogP contribution is -2.58. The molecule has 1 aromatic rings. The van der Waals surface area contributed by atoms with Gasteiger partial charge in [-0.2, -0.15) is 0 Å². The number of hydrogen-bond acceptors (Lipinski definition) is 0. The van der Waals surface area contributed by atoms with E-state index in [-0.39, 0.29) is 0 Å². The number of hydrogen-bond donors (Lipinski definition) is 0. The SMILES string of the molecule is CC(C)(C1CC[C@@H](C2(c3ccccc3)C3CC4CC(C3)CC2C4)C1)C1C2C=CC=C[C@H]2[C@H]2C=CC=CC12. The quantitative estimate of drug-likeness (QED) is 0.395. The van der Waals surface area contributed by atoms with Crippen LogP contribution in [0.15, 0.2) is 78.9 Å². The molecule has 8 aliphatic rings.